The molecule has 0 radical (unpaired) electrons. The molecular formula is C21H23N5O3S. The van der Waals surface area contributed by atoms with Gasteiger partial charge in [-0.25, -0.2) is 0 Å². The zero-order valence-electron chi connectivity index (χ0n) is 16.8. The highest BCUT2D eigenvalue weighted by Gasteiger charge is 2.48. The first-order valence-corrected chi connectivity index (χ1v) is 9.72. The monoisotopic (exact) mass is 425 g/mol. The molecule has 0 saturated carbocycles. The van der Waals surface area contributed by atoms with Crippen LogP contribution in [0.25, 0.3) is 0 Å². The molecule has 0 unspecified atom stereocenters. The Bertz CT molecular complexity index is 989. The zero-order valence-corrected chi connectivity index (χ0v) is 17.6. The average molecular weight is 426 g/mol. The van der Waals surface area contributed by atoms with Gasteiger partial charge in [0.1, 0.15) is 18.0 Å². The SMILES string of the molecule is C=CCNC(=S)N/N=C/c1ccc(OCc2ccc3c(c2)N([O-])C(C)(C)[N+]3=O)cc1. The number of rotatable bonds is 7. The molecule has 9 heteroatoms. The summed E-state index contributed by atoms with van der Waals surface area (Å²) in [5, 5.41) is 20.5. The number of nitrogens with one attached hydrogen (secondary N) is 2. The van der Waals surface area contributed by atoms with E-state index in [0.717, 1.165) is 21.0 Å². The summed E-state index contributed by atoms with van der Waals surface area (Å²) in [5.41, 5.74) is 3.97. The number of anilines is 1. The van der Waals surface area contributed by atoms with Crippen molar-refractivity contribution >= 4 is 34.9 Å². The Morgan fingerprint density at radius 3 is 2.77 bits per heavy atom. The lowest BCUT2D eigenvalue weighted by atomic mass is 10.2. The Labute approximate surface area is 180 Å². The standard InChI is InChI=1S/C21H23N5O3S/c1-4-11-22-20(30)24-23-13-15-5-8-17(9-6-15)29-14-16-7-10-18-19(12-16)26(28)21(2,3)25(18)27/h4-10,12-13H,1,11,14H2,2-3H3,(H2,22,24,30)/b23-13+. The molecule has 1 aliphatic rings. The number of ether oxygens (including phenoxy) is 1. The average Bonchev–Trinajstić information content (AvgIpc) is 2.91. The van der Waals surface area contributed by atoms with Crippen LogP contribution in [0.2, 0.25) is 0 Å². The number of nitrogens with zero attached hydrogens (tertiary/aromatic N) is 3. The summed E-state index contributed by atoms with van der Waals surface area (Å²) in [4.78, 5) is 12.2. The molecule has 0 spiro atoms. The highest BCUT2D eigenvalue weighted by atomic mass is 32.1. The van der Waals surface area contributed by atoms with Crippen LogP contribution in [0.4, 0.5) is 11.4 Å². The summed E-state index contributed by atoms with van der Waals surface area (Å²) in [6.07, 6.45) is 3.35. The van der Waals surface area contributed by atoms with Crippen molar-refractivity contribution in [3.05, 3.63) is 76.4 Å². The van der Waals surface area contributed by atoms with Crippen molar-refractivity contribution in [1.82, 2.24) is 10.7 Å². The fourth-order valence-electron chi connectivity index (χ4n) is 2.85. The number of fused-ring (bicyclic) bond motifs is 1. The van der Waals surface area contributed by atoms with E-state index in [0.29, 0.717) is 28.8 Å². The largest absolute Gasteiger partial charge is 0.753 e. The van der Waals surface area contributed by atoms with Gasteiger partial charge in [0.2, 0.25) is 0 Å². The van der Waals surface area contributed by atoms with Crippen LogP contribution >= 0.6 is 12.2 Å². The Balaban J connectivity index is 1.56. The number of hydroxylamine groups is 1. The minimum absolute atomic E-state index is 0.276. The lowest BCUT2D eigenvalue weighted by molar-refractivity contribution is -0.532. The van der Waals surface area contributed by atoms with Crippen LogP contribution in [0.1, 0.15) is 25.0 Å². The van der Waals surface area contributed by atoms with Crippen LogP contribution in [-0.4, -0.2) is 28.3 Å². The molecule has 156 valence electrons. The second-order valence-electron chi connectivity index (χ2n) is 7.13. The van der Waals surface area contributed by atoms with Gasteiger partial charge >= 0.3 is 0 Å². The third-order valence-electron chi connectivity index (χ3n) is 4.54. The molecule has 2 aromatic carbocycles. The van der Waals surface area contributed by atoms with Crippen LogP contribution < -0.4 is 20.5 Å². The molecule has 0 saturated heterocycles. The van der Waals surface area contributed by atoms with E-state index in [1.54, 1.807) is 44.3 Å². The molecule has 0 aromatic heterocycles. The third kappa shape index (κ3) is 4.64. The van der Waals surface area contributed by atoms with E-state index >= 15 is 0 Å². The van der Waals surface area contributed by atoms with E-state index in [1.165, 1.54) is 0 Å². The molecule has 0 aliphatic carbocycles. The molecule has 3 rings (SSSR count). The highest BCUT2D eigenvalue weighted by Crippen LogP contribution is 2.43. The van der Waals surface area contributed by atoms with Gasteiger partial charge in [-0.05, 0) is 59.7 Å². The van der Waals surface area contributed by atoms with Crippen molar-refractivity contribution in [3.63, 3.8) is 0 Å². The number of benzene rings is 2. The fraction of sp³-hybridized carbons (Fsp3) is 0.238. The number of nitroso groups, excluding NO2 is 1. The maximum atomic E-state index is 12.4. The molecule has 0 bridgehead atoms. The first-order valence-electron chi connectivity index (χ1n) is 9.31. The van der Waals surface area contributed by atoms with Crippen LogP contribution in [-0.2, 0) is 6.61 Å². The van der Waals surface area contributed by atoms with E-state index in [4.69, 9.17) is 17.0 Å². The van der Waals surface area contributed by atoms with Gasteiger partial charge in [-0.15, -0.1) is 6.58 Å². The van der Waals surface area contributed by atoms with Crippen molar-refractivity contribution in [1.29, 1.82) is 0 Å². The normalized spacial score (nSPS) is 14.5. The molecular weight excluding hydrogens is 402 g/mol. The number of hydrogen-bond acceptors (Lipinski definition) is 6. The molecule has 0 atom stereocenters. The topological polar surface area (TPSA) is 92.0 Å². The minimum Gasteiger partial charge on any atom is -0.753 e. The van der Waals surface area contributed by atoms with Crippen molar-refractivity contribution < 1.29 is 9.50 Å². The maximum Gasteiger partial charge on any atom is 0.281 e. The summed E-state index contributed by atoms with van der Waals surface area (Å²) in [5.74, 6) is 0.675. The Morgan fingerprint density at radius 2 is 2.07 bits per heavy atom. The minimum atomic E-state index is -1.15. The number of hydrogen-bond donors (Lipinski definition) is 2. The summed E-state index contributed by atoms with van der Waals surface area (Å²) in [6, 6.07) is 12.5. The number of thiocarbonyl (C=S) groups is 1. The van der Waals surface area contributed by atoms with Crippen molar-refractivity contribution in [2.24, 2.45) is 5.10 Å². The third-order valence-corrected chi connectivity index (χ3v) is 4.78. The second kappa shape index (κ2) is 9.02. The van der Waals surface area contributed by atoms with E-state index in [-0.39, 0.29) is 6.61 Å². The molecule has 1 heterocycles. The quantitative estimate of drug-likeness (QED) is 0.230. The lowest BCUT2D eigenvalue weighted by Gasteiger charge is -2.30. The molecule has 0 fully saturated rings. The molecule has 0 amide bonds. The van der Waals surface area contributed by atoms with Crippen LogP contribution in [0, 0.1) is 10.1 Å². The molecule has 2 N–H and O–H groups in total. The van der Waals surface area contributed by atoms with E-state index in [2.05, 4.69) is 22.4 Å². The summed E-state index contributed by atoms with van der Waals surface area (Å²) < 4.78 is 6.53. The van der Waals surface area contributed by atoms with Crippen molar-refractivity contribution in [2.45, 2.75) is 26.1 Å². The van der Waals surface area contributed by atoms with Gasteiger partial charge in [-0.1, -0.05) is 6.08 Å². The van der Waals surface area contributed by atoms with E-state index in [1.807, 2.05) is 24.3 Å². The first kappa shape index (κ1) is 21.4. The van der Waals surface area contributed by atoms with Crippen molar-refractivity contribution in [2.75, 3.05) is 11.6 Å². The smallest absolute Gasteiger partial charge is 0.281 e. The molecule has 8 nitrogen and oxygen atoms in total. The van der Waals surface area contributed by atoms with Gasteiger partial charge in [-0.3, -0.25) is 5.43 Å². The highest BCUT2D eigenvalue weighted by molar-refractivity contribution is 7.80. The maximum absolute atomic E-state index is 12.4. The lowest BCUT2D eigenvalue weighted by Crippen LogP contribution is -2.41. The van der Waals surface area contributed by atoms with Gasteiger partial charge in [0.25, 0.3) is 11.4 Å². The Kier molecular flexibility index (Phi) is 6.43. The van der Waals surface area contributed by atoms with E-state index < -0.39 is 5.66 Å². The summed E-state index contributed by atoms with van der Waals surface area (Å²) in [7, 11) is 0. The van der Waals surface area contributed by atoms with E-state index in [9.17, 15) is 10.1 Å². The Hall–Kier alpha value is -3.30. The van der Waals surface area contributed by atoms with Gasteiger partial charge in [-0.2, -0.15) is 5.10 Å². The Morgan fingerprint density at radius 1 is 1.33 bits per heavy atom. The molecule has 1 aliphatic heterocycles. The fourth-order valence-corrected chi connectivity index (χ4v) is 2.99. The first-order chi connectivity index (χ1) is 14.3. The van der Waals surface area contributed by atoms with Gasteiger partial charge in [0, 0.05) is 31.4 Å². The summed E-state index contributed by atoms with van der Waals surface area (Å²) in [6.45, 7) is 7.63. The predicted octanol–water partition coefficient (Wildman–Crippen LogP) is 3.71. The van der Waals surface area contributed by atoms with Gasteiger partial charge < -0.3 is 20.3 Å². The number of hydrazone groups is 1. The zero-order chi connectivity index (χ0) is 21.7. The summed E-state index contributed by atoms with van der Waals surface area (Å²) >= 11 is 5.05. The van der Waals surface area contributed by atoms with Crippen LogP contribution in [0.5, 0.6) is 5.75 Å². The van der Waals surface area contributed by atoms with Crippen molar-refractivity contribution in [3.8, 4) is 5.75 Å². The van der Waals surface area contributed by atoms with Gasteiger partial charge in [0.15, 0.2) is 5.11 Å². The van der Waals surface area contributed by atoms with Crippen LogP contribution in [0.15, 0.2) is 60.2 Å². The molecule has 30 heavy (non-hydrogen) atoms. The predicted molar refractivity (Wildman–Crippen MR) is 122 cm³/mol. The second-order valence-corrected chi connectivity index (χ2v) is 7.54. The van der Waals surface area contributed by atoms with Gasteiger partial charge in [0.05, 0.1) is 11.0 Å². The molecule has 2 aromatic rings. The van der Waals surface area contributed by atoms with Crippen LogP contribution in [0.3, 0.4) is 0 Å².